The third-order valence-corrected chi connectivity index (χ3v) is 4.53. The van der Waals surface area contributed by atoms with E-state index in [1.807, 2.05) is 24.3 Å². The van der Waals surface area contributed by atoms with Crippen molar-refractivity contribution in [3.63, 3.8) is 0 Å². The van der Waals surface area contributed by atoms with E-state index in [9.17, 15) is 4.79 Å². The Bertz CT molecular complexity index is 504. The average molecular weight is 355 g/mol. The molecule has 0 saturated carbocycles. The maximum Gasteiger partial charge on any atom is 0.314 e. The molecule has 1 heterocycles. The normalized spacial score (nSPS) is 17.5. The Kier molecular flexibility index (Phi) is 7.78. The van der Waals surface area contributed by atoms with Gasteiger partial charge in [0.2, 0.25) is 0 Å². The van der Waals surface area contributed by atoms with Gasteiger partial charge in [-0.15, -0.1) is 0 Å². The van der Waals surface area contributed by atoms with Gasteiger partial charge in [0, 0.05) is 51.4 Å². The van der Waals surface area contributed by atoms with Gasteiger partial charge in [0.05, 0.1) is 12.6 Å². The highest BCUT2D eigenvalue weighted by atomic mass is 35.5. The summed E-state index contributed by atoms with van der Waals surface area (Å²) in [5, 5.41) is 6.48. The number of piperazine rings is 1. The molecule has 2 N–H and O–H groups in total. The average Bonchev–Trinajstić information content (AvgIpc) is 2.58. The van der Waals surface area contributed by atoms with Crippen molar-refractivity contribution >= 4 is 17.6 Å². The van der Waals surface area contributed by atoms with E-state index in [-0.39, 0.29) is 12.1 Å². The van der Waals surface area contributed by atoms with Gasteiger partial charge in [-0.2, -0.15) is 0 Å². The molecule has 0 aliphatic carbocycles. The van der Waals surface area contributed by atoms with Crippen LogP contribution in [-0.2, 0) is 4.74 Å². The topological polar surface area (TPSA) is 56.8 Å². The molecule has 0 radical (unpaired) electrons. The Labute approximate surface area is 149 Å². The van der Waals surface area contributed by atoms with Crippen molar-refractivity contribution in [2.24, 2.45) is 0 Å². The number of carbonyl (C=O) groups is 1. The fraction of sp³-hybridized carbons (Fsp3) is 0.588. The van der Waals surface area contributed by atoms with E-state index in [1.54, 1.807) is 7.11 Å². The second-order valence-electron chi connectivity index (χ2n) is 6.04. The first-order valence-electron chi connectivity index (χ1n) is 8.29. The van der Waals surface area contributed by atoms with Gasteiger partial charge in [0.15, 0.2) is 0 Å². The molecular formula is C17H27ClN4O2. The first-order valence-corrected chi connectivity index (χ1v) is 8.66. The quantitative estimate of drug-likeness (QED) is 0.730. The molecule has 1 aliphatic heterocycles. The standard InChI is InChI=1S/C17H27ClN4O2/c1-21-8-10-22(11-9-21)16(14-3-5-15(18)6-4-14)13-20-17(23)19-7-12-24-2/h3-6,16H,7-13H2,1-2H3,(H2,19,20,23). The Morgan fingerprint density at radius 3 is 2.50 bits per heavy atom. The van der Waals surface area contributed by atoms with Crippen molar-refractivity contribution in [2.45, 2.75) is 6.04 Å². The van der Waals surface area contributed by atoms with Crippen molar-refractivity contribution in [1.29, 1.82) is 0 Å². The first kappa shape index (κ1) is 19.0. The van der Waals surface area contributed by atoms with E-state index in [4.69, 9.17) is 16.3 Å². The molecule has 1 atom stereocenters. The molecule has 1 unspecified atom stereocenters. The zero-order chi connectivity index (χ0) is 17.4. The number of hydrogen-bond acceptors (Lipinski definition) is 4. The number of nitrogens with zero attached hydrogens (tertiary/aromatic N) is 2. The molecule has 134 valence electrons. The number of urea groups is 1. The number of carbonyl (C=O) groups excluding carboxylic acids is 1. The molecule has 1 aliphatic rings. The minimum absolute atomic E-state index is 0.143. The summed E-state index contributed by atoms with van der Waals surface area (Å²) in [5.74, 6) is 0. The van der Waals surface area contributed by atoms with Crippen molar-refractivity contribution in [3.05, 3.63) is 34.9 Å². The maximum absolute atomic E-state index is 11.9. The van der Waals surface area contributed by atoms with Crippen molar-refractivity contribution in [1.82, 2.24) is 20.4 Å². The number of nitrogens with one attached hydrogen (secondary N) is 2. The van der Waals surface area contributed by atoms with Crippen molar-refractivity contribution in [2.75, 3.05) is 60.0 Å². The maximum atomic E-state index is 11.9. The number of rotatable bonds is 7. The van der Waals surface area contributed by atoms with Gasteiger partial charge in [0.25, 0.3) is 0 Å². The van der Waals surface area contributed by atoms with Crippen molar-refractivity contribution < 1.29 is 9.53 Å². The minimum Gasteiger partial charge on any atom is -0.383 e. The number of hydrogen-bond donors (Lipinski definition) is 2. The zero-order valence-corrected chi connectivity index (χ0v) is 15.2. The predicted molar refractivity (Wildman–Crippen MR) is 96.5 cm³/mol. The summed E-state index contributed by atoms with van der Waals surface area (Å²) in [5.41, 5.74) is 1.17. The second kappa shape index (κ2) is 9.84. The smallest absolute Gasteiger partial charge is 0.314 e. The van der Waals surface area contributed by atoms with Crippen LogP contribution in [0.15, 0.2) is 24.3 Å². The van der Waals surface area contributed by atoms with Gasteiger partial charge >= 0.3 is 6.03 Å². The molecule has 0 bridgehead atoms. The molecule has 24 heavy (non-hydrogen) atoms. The number of halogens is 1. The van der Waals surface area contributed by atoms with E-state index in [2.05, 4.69) is 27.5 Å². The number of ether oxygens (including phenoxy) is 1. The first-order chi connectivity index (χ1) is 11.6. The van der Waals surface area contributed by atoms with E-state index < -0.39 is 0 Å². The Hall–Kier alpha value is -1.34. The van der Waals surface area contributed by atoms with E-state index >= 15 is 0 Å². The van der Waals surface area contributed by atoms with Crippen LogP contribution in [0.5, 0.6) is 0 Å². The van der Waals surface area contributed by atoms with Crippen LogP contribution in [0.4, 0.5) is 4.79 Å². The lowest BCUT2D eigenvalue weighted by Crippen LogP contribution is -2.49. The predicted octanol–water partition coefficient (Wildman–Crippen LogP) is 1.57. The molecule has 6 nitrogen and oxygen atoms in total. The molecule has 2 rings (SSSR count). The van der Waals surface area contributed by atoms with Crippen LogP contribution in [-0.4, -0.2) is 75.9 Å². The SMILES string of the molecule is COCCNC(=O)NCC(c1ccc(Cl)cc1)N1CCN(C)CC1. The van der Waals surface area contributed by atoms with Crippen LogP contribution < -0.4 is 10.6 Å². The molecule has 1 saturated heterocycles. The Balaban J connectivity index is 1.97. The van der Waals surface area contributed by atoms with Gasteiger partial charge < -0.3 is 20.3 Å². The summed E-state index contributed by atoms with van der Waals surface area (Å²) in [4.78, 5) is 16.7. The zero-order valence-electron chi connectivity index (χ0n) is 14.4. The monoisotopic (exact) mass is 354 g/mol. The largest absolute Gasteiger partial charge is 0.383 e. The highest BCUT2D eigenvalue weighted by Gasteiger charge is 2.24. The number of amides is 2. The van der Waals surface area contributed by atoms with Crippen LogP contribution >= 0.6 is 11.6 Å². The van der Waals surface area contributed by atoms with E-state index in [1.165, 1.54) is 5.56 Å². The summed E-state index contributed by atoms with van der Waals surface area (Å²) >= 11 is 6.01. The molecule has 1 fully saturated rings. The van der Waals surface area contributed by atoms with Gasteiger partial charge in [-0.3, -0.25) is 4.90 Å². The third kappa shape index (κ3) is 5.94. The lowest BCUT2D eigenvalue weighted by molar-refractivity contribution is 0.111. The molecule has 1 aromatic rings. The molecule has 0 spiro atoms. The number of benzene rings is 1. The fourth-order valence-corrected chi connectivity index (χ4v) is 2.92. The fourth-order valence-electron chi connectivity index (χ4n) is 2.79. The Morgan fingerprint density at radius 2 is 1.88 bits per heavy atom. The summed E-state index contributed by atoms with van der Waals surface area (Å²) in [6.07, 6.45) is 0. The highest BCUT2D eigenvalue weighted by Crippen LogP contribution is 2.23. The van der Waals surface area contributed by atoms with E-state index in [0.29, 0.717) is 19.7 Å². The van der Waals surface area contributed by atoms with Crippen LogP contribution in [0, 0.1) is 0 Å². The second-order valence-corrected chi connectivity index (χ2v) is 6.47. The third-order valence-electron chi connectivity index (χ3n) is 4.28. The van der Waals surface area contributed by atoms with Gasteiger partial charge in [-0.25, -0.2) is 4.79 Å². The van der Waals surface area contributed by atoms with Gasteiger partial charge in [0.1, 0.15) is 0 Å². The van der Waals surface area contributed by atoms with Crippen LogP contribution in [0.3, 0.4) is 0 Å². The number of likely N-dealkylation sites (N-methyl/N-ethyl adjacent to an activating group) is 1. The lowest BCUT2D eigenvalue weighted by atomic mass is 10.0. The summed E-state index contributed by atoms with van der Waals surface area (Å²) in [7, 11) is 3.75. The minimum atomic E-state index is -0.167. The van der Waals surface area contributed by atoms with Crippen LogP contribution in [0.1, 0.15) is 11.6 Å². The molecular weight excluding hydrogens is 328 g/mol. The summed E-state index contributed by atoms with van der Waals surface area (Å²) in [6.45, 7) is 5.60. The van der Waals surface area contributed by atoms with Gasteiger partial charge in [-0.05, 0) is 24.7 Å². The molecule has 0 aromatic heterocycles. The lowest BCUT2D eigenvalue weighted by Gasteiger charge is -2.38. The molecule has 2 amide bonds. The summed E-state index contributed by atoms with van der Waals surface area (Å²) in [6, 6.07) is 7.85. The van der Waals surface area contributed by atoms with E-state index in [0.717, 1.165) is 31.2 Å². The van der Waals surface area contributed by atoms with Crippen LogP contribution in [0.25, 0.3) is 0 Å². The highest BCUT2D eigenvalue weighted by molar-refractivity contribution is 6.30. The molecule has 1 aromatic carbocycles. The van der Waals surface area contributed by atoms with Crippen molar-refractivity contribution in [3.8, 4) is 0 Å². The number of methoxy groups -OCH3 is 1. The van der Waals surface area contributed by atoms with Gasteiger partial charge in [-0.1, -0.05) is 23.7 Å². The summed E-state index contributed by atoms with van der Waals surface area (Å²) < 4.78 is 4.94. The Morgan fingerprint density at radius 1 is 1.21 bits per heavy atom. The van der Waals surface area contributed by atoms with Crippen LogP contribution in [0.2, 0.25) is 5.02 Å². The molecule has 7 heteroatoms.